The summed E-state index contributed by atoms with van der Waals surface area (Å²) in [7, 11) is 1.53. The number of aromatic nitrogens is 2. The first-order valence-corrected chi connectivity index (χ1v) is 12.0. The molecule has 0 bridgehead atoms. The van der Waals surface area contributed by atoms with Gasteiger partial charge in [-0.25, -0.2) is 9.78 Å². The van der Waals surface area contributed by atoms with E-state index in [0.29, 0.717) is 39.4 Å². The molecule has 0 aliphatic heterocycles. The molecule has 184 valence electrons. The molecule has 0 spiro atoms. The van der Waals surface area contributed by atoms with E-state index in [-0.39, 0.29) is 23.6 Å². The van der Waals surface area contributed by atoms with Gasteiger partial charge in [0.15, 0.2) is 11.5 Å². The molecule has 1 heterocycles. The van der Waals surface area contributed by atoms with Crippen LogP contribution in [0.15, 0.2) is 75.0 Å². The number of carboxylic acid groups (broad SMARTS) is 1. The monoisotopic (exact) mass is 549 g/mol. The highest BCUT2D eigenvalue weighted by Gasteiger charge is 2.15. The van der Waals surface area contributed by atoms with Crippen LogP contribution in [0.1, 0.15) is 47.1 Å². The number of carboxylic acids is 1. The first kappa shape index (κ1) is 25.1. The Balaban J connectivity index is 1.74. The van der Waals surface area contributed by atoms with Crippen LogP contribution < -0.4 is 15.0 Å². The summed E-state index contributed by atoms with van der Waals surface area (Å²) >= 11 is 3.41. The minimum atomic E-state index is -1.01. The molecule has 9 heteroatoms. The average Bonchev–Trinajstić information content (AvgIpc) is 2.87. The smallest absolute Gasteiger partial charge is 0.335 e. The number of ether oxygens (including phenoxy) is 2. The van der Waals surface area contributed by atoms with Crippen molar-refractivity contribution >= 4 is 39.0 Å². The summed E-state index contributed by atoms with van der Waals surface area (Å²) < 4.78 is 13.6. The zero-order valence-corrected chi connectivity index (χ0v) is 21.5. The summed E-state index contributed by atoms with van der Waals surface area (Å²) in [5.74, 6) is 0.363. The van der Waals surface area contributed by atoms with Gasteiger partial charge in [0.2, 0.25) is 0 Å². The molecule has 3 aromatic carbocycles. The maximum Gasteiger partial charge on any atom is 0.335 e. The lowest BCUT2D eigenvalue weighted by Gasteiger charge is -2.14. The molecule has 36 heavy (non-hydrogen) atoms. The maximum absolute atomic E-state index is 13.3. The Kier molecular flexibility index (Phi) is 7.49. The number of hydrogen-bond acceptors (Lipinski definition) is 6. The molecule has 0 aliphatic rings. The minimum Gasteiger partial charge on any atom is -0.493 e. The first-order chi connectivity index (χ1) is 17.3. The number of carbonyl (C=O) groups is 1. The first-order valence-electron chi connectivity index (χ1n) is 11.2. The van der Waals surface area contributed by atoms with Crippen molar-refractivity contribution in [1.82, 2.24) is 9.66 Å². The quantitative estimate of drug-likeness (QED) is 0.293. The van der Waals surface area contributed by atoms with Gasteiger partial charge in [-0.3, -0.25) is 4.79 Å². The van der Waals surface area contributed by atoms with E-state index in [0.717, 1.165) is 4.47 Å². The summed E-state index contributed by atoms with van der Waals surface area (Å²) in [6, 6.07) is 17.2. The maximum atomic E-state index is 13.3. The SMILES string of the molecule is COc1cccc(C=Nn2c(C(C)C)nc3ccc(Br)cc3c2=O)c1OCc1cccc(C(=O)O)c1. The molecule has 0 fully saturated rings. The van der Waals surface area contributed by atoms with Crippen LogP contribution in [0, 0.1) is 0 Å². The van der Waals surface area contributed by atoms with E-state index in [4.69, 9.17) is 9.47 Å². The fourth-order valence-electron chi connectivity index (χ4n) is 3.67. The third-order valence-corrected chi connectivity index (χ3v) is 5.94. The summed E-state index contributed by atoms with van der Waals surface area (Å²) in [6.07, 6.45) is 1.53. The second kappa shape index (κ2) is 10.7. The number of rotatable bonds is 8. The summed E-state index contributed by atoms with van der Waals surface area (Å²) in [6.45, 7) is 4.01. The molecule has 0 unspecified atom stereocenters. The summed E-state index contributed by atoms with van der Waals surface area (Å²) in [5.41, 5.74) is 1.77. The van der Waals surface area contributed by atoms with Gasteiger partial charge in [-0.05, 0) is 48.0 Å². The van der Waals surface area contributed by atoms with Crippen LogP contribution >= 0.6 is 15.9 Å². The van der Waals surface area contributed by atoms with Crippen molar-refractivity contribution in [3.63, 3.8) is 0 Å². The molecule has 0 saturated carbocycles. The van der Waals surface area contributed by atoms with Crippen LogP contribution in [0.25, 0.3) is 10.9 Å². The van der Waals surface area contributed by atoms with Crippen LogP contribution in [0.2, 0.25) is 0 Å². The topological polar surface area (TPSA) is 103 Å². The zero-order chi connectivity index (χ0) is 25.8. The average molecular weight is 550 g/mol. The lowest BCUT2D eigenvalue weighted by atomic mass is 10.1. The van der Waals surface area contributed by atoms with Gasteiger partial charge in [0.25, 0.3) is 5.56 Å². The number of methoxy groups -OCH3 is 1. The van der Waals surface area contributed by atoms with Crippen molar-refractivity contribution in [2.75, 3.05) is 7.11 Å². The highest BCUT2D eigenvalue weighted by Crippen LogP contribution is 2.31. The van der Waals surface area contributed by atoms with Crippen LogP contribution in [-0.2, 0) is 6.61 Å². The Hall–Kier alpha value is -3.98. The minimum absolute atomic E-state index is 0.0505. The normalized spacial score (nSPS) is 11.4. The predicted octanol–water partition coefficient (Wildman–Crippen LogP) is 5.45. The van der Waals surface area contributed by atoms with Gasteiger partial charge in [-0.15, -0.1) is 0 Å². The van der Waals surface area contributed by atoms with Crippen molar-refractivity contribution in [3.05, 3.63) is 98.0 Å². The number of para-hydroxylation sites is 1. The van der Waals surface area contributed by atoms with E-state index in [9.17, 15) is 14.7 Å². The Morgan fingerprint density at radius 2 is 1.94 bits per heavy atom. The van der Waals surface area contributed by atoms with Gasteiger partial charge in [-0.2, -0.15) is 9.78 Å². The standard InChI is InChI=1S/C27H24BrN3O5/c1-16(2)25-30-22-11-10-20(28)13-21(22)26(32)31(25)29-14-19-8-5-9-23(35-3)24(19)36-15-17-6-4-7-18(12-17)27(33)34/h4-14,16H,15H2,1-3H3,(H,33,34). The molecule has 4 aromatic rings. The number of hydrogen-bond donors (Lipinski definition) is 1. The molecule has 0 aliphatic carbocycles. The van der Waals surface area contributed by atoms with E-state index in [1.807, 2.05) is 19.9 Å². The van der Waals surface area contributed by atoms with Crippen LogP contribution in [-0.4, -0.2) is 34.1 Å². The number of nitrogens with zero attached hydrogens (tertiary/aromatic N) is 3. The van der Waals surface area contributed by atoms with E-state index >= 15 is 0 Å². The van der Waals surface area contributed by atoms with Crippen molar-refractivity contribution < 1.29 is 19.4 Å². The molecular formula is C27H24BrN3O5. The van der Waals surface area contributed by atoms with E-state index in [1.54, 1.807) is 48.5 Å². The Morgan fingerprint density at radius 3 is 2.67 bits per heavy atom. The Bertz CT molecular complexity index is 1530. The molecule has 1 N–H and O–H groups in total. The second-order valence-corrected chi connectivity index (χ2v) is 9.24. The molecule has 0 radical (unpaired) electrons. The molecular weight excluding hydrogens is 526 g/mol. The van der Waals surface area contributed by atoms with Crippen LogP contribution in [0.3, 0.4) is 0 Å². The number of aromatic carboxylic acids is 1. The van der Waals surface area contributed by atoms with E-state index < -0.39 is 5.97 Å². The third-order valence-electron chi connectivity index (χ3n) is 5.45. The Labute approximate surface area is 216 Å². The highest BCUT2D eigenvalue weighted by molar-refractivity contribution is 9.10. The molecule has 4 rings (SSSR count). The third kappa shape index (κ3) is 5.31. The summed E-state index contributed by atoms with van der Waals surface area (Å²) in [4.78, 5) is 29.3. The second-order valence-electron chi connectivity index (χ2n) is 8.32. The molecule has 0 amide bonds. The largest absolute Gasteiger partial charge is 0.493 e. The fourth-order valence-corrected chi connectivity index (χ4v) is 4.03. The van der Waals surface area contributed by atoms with Gasteiger partial charge in [0, 0.05) is 16.0 Å². The molecule has 0 saturated heterocycles. The summed E-state index contributed by atoms with van der Waals surface area (Å²) in [5, 5.41) is 14.2. The van der Waals surface area contributed by atoms with Crippen molar-refractivity contribution in [2.24, 2.45) is 5.10 Å². The lowest BCUT2D eigenvalue weighted by Crippen LogP contribution is -2.23. The van der Waals surface area contributed by atoms with Crippen molar-refractivity contribution in [2.45, 2.75) is 26.4 Å². The van der Waals surface area contributed by atoms with Crippen LogP contribution in [0.4, 0.5) is 0 Å². The van der Waals surface area contributed by atoms with Crippen molar-refractivity contribution in [3.8, 4) is 11.5 Å². The van der Waals surface area contributed by atoms with Crippen LogP contribution in [0.5, 0.6) is 11.5 Å². The van der Waals surface area contributed by atoms with Gasteiger partial charge < -0.3 is 14.6 Å². The number of fused-ring (bicyclic) bond motifs is 1. The van der Waals surface area contributed by atoms with Gasteiger partial charge in [-0.1, -0.05) is 48.0 Å². The van der Waals surface area contributed by atoms with Gasteiger partial charge in [0.1, 0.15) is 12.4 Å². The number of halogens is 1. The van der Waals surface area contributed by atoms with E-state index in [1.165, 1.54) is 24.1 Å². The van der Waals surface area contributed by atoms with Crippen molar-refractivity contribution in [1.29, 1.82) is 0 Å². The van der Waals surface area contributed by atoms with Gasteiger partial charge in [0.05, 0.1) is 29.8 Å². The molecule has 0 atom stereocenters. The number of benzene rings is 3. The lowest BCUT2D eigenvalue weighted by molar-refractivity contribution is 0.0696. The molecule has 8 nitrogen and oxygen atoms in total. The highest BCUT2D eigenvalue weighted by atomic mass is 79.9. The van der Waals surface area contributed by atoms with E-state index in [2.05, 4.69) is 26.0 Å². The fraction of sp³-hybridized carbons (Fsp3) is 0.185. The molecule has 1 aromatic heterocycles. The van der Waals surface area contributed by atoms with Gasteiger partial charge >= 0.3 is 5.97 Å². The zero-order valence-electron chi connectivity index (χ0n) is 19.9. The Morgan fingerprint density at radius 1 is 1.17 bits per heavy atom. The predicted molar refractivity (Wildman–Crippen MR) is 142 cm³/mol.